The Kier molecular flexibility index (Phi) is 4.31. The highest BCUT2D eigenvalue weighted by Crippen LogP contribution is 2.21. The zero-order chi connectivity index (χ0) is 14.5. The molecule has 2 rings (SSSR count). The number of anilines is 1. The number of thioether (sulfide) groups is 1. The Morgan fingerprint density at radius 1 is 1.40 bits per heavy atom. The lowest BCUT2D eigenvalue weighted by Crippen LogP contribution is -2.14. The summed E-state index contributed by atoms with van der Waals surface area (Å²) in [5.74, 6) is 0.208. The minimum absolute atomic E-state index is 0.0140. The van der Waals surface area contributed by atoms with Crippen LogP contribution >= 0.6 is 11.8 Å². The van der Waals surface area contributed by atoms with Gasteiger partial charge in [0.25, 0.3) is 5.69 Å². The number of benzene rings is 1. The Hall–Kier alpha value is -2.42. The number of nitrogens with one attached hydrogen (secondary N) is 1. The molecule has 1 aromatic heterocycles. The van der Waals surface area contributed by atoms with Crippen LogP contribution in [-0.4, -0.2) is 26.8 Å². The zero-order valence-corrected chi connectivity index (χ0v) is 11.2. The normalized spacial score (nSPS) is 10.2. The van der Waals surface area contributed by atoms with Crippen LogP contribution in [0, 0.1) is 17.0 Å². The topological polar surface area (TPSA) is 111 Å². The van der Waals surface area contributed by atoms with Gasteiger partial charge in [0.15, 0.2) is 0 Å². The molecule has 0 aliphatic rings. The second-order valence-electron chi connectivity index (χ2n) is 3.71. The number of aromatic nitrogens is 2. The van der Waals surface area contributed by atoms with E-state index in [0.717, 1.165) is 4.90 Å². The molecule has 9 heteroatoms. The van der Waals surface area contributed by atoms with Crippen LogP contribution in [0.4, 0.5) is 11.7 Å². The van der Waals surface area contributed by atoms with Crippen molar-refractivity contribution in [2.24, 2.45) is 0 Å². The number of nitro benzene ring substituents is 1. The van der Waals surface area contributed by atoms with E-state index in [-0.39, 0.29) is 23.4 Å². The molecule has 0 saturated carbocycles. The van der Waals surface area contributed by atoms with Crippen LogP contribution in [0.5, 0.6) is 0 Å². The molecule has 1 N–H and O–H groups in total. The van der Waals surface area contributed by atoms with Gasteiger partial charge in [0.05, 0.1) is 10.7 Å². The smallest absolute Gasteiger partial charge is 0.322 e. The Bertz CT molecular complexity index is 626. The molecule has 0 aliphatic heterocycles. The van der Waals surface area contributed by atoms with Gasteiger partial charge in [-0.25, -0.2) is 0 Å². The Labute approximate surface area is 117 Å². The van der Waals surface area contributed by atoms with Crippen molar-refractivity contribution >= 4 is 29.4 Å². The van der Waals surface area contributed by atoms with Crippen LogP contribution in [0.3, 0.4) is 0 Å². The number of hydrogen-bond donors (Lipinski definition) is 1. The molecule has 1 amide bonds. The van der Waals surface area contributed by atoms with Crippen molar-refractivity contribution in [1.82, 2.24) is 10.2 Å². The molecule has 8 nitrogen and oxygen atoms in total. The van der Waals surface area contributed by atoms with Crippen molar-refractivity contribution in [2.75, 3.05) is 11.1 Å². The molecule has 20 heavy (non-hydrogen) atoms. The summed E-state index contributed by atoms with van der Waals surface area (Å²) < 4.78 is 5.01. The van der Waals surface area contributed by atoms with Crippen molar-refractivity contribution in [3.05, 3.63) is 40.3 Å². The molecule has 0 fully saturated rings. The predicted molar refractivity (Wildman–Crippen MR) is 71.5 cm³/mol. The first-order valence-corrected chi connectivity index (χ1v) is 6.50. The highest BCUT2D eigenvalue weighted by Gasteiger charge is 2.09. The first kappa shape index (κ1) is 14.0. The quantitative estimate of drug-likeness (QED) is 0.510. The summed E-state index contributed by atoms with van der Waals surface area (Å²) in [5, 5.41) is 20.2. The molecule has 2 aromatic rings. The van der Waals surface area contributed by atoms with Gasteiger partial charge in [-0.05, 0) is 12.1 Å². The Balaban J connectivity index is 1.85. The highest BCUT2D eigenvalue weighted by atomic mass is 32.2. The van der Waals surface area contributed by atoms with Gasteiger partial charge >= 0.3 is 6.01 Å². The minimum atomic E-state index is -0.473. The molecule has 1 heterocycles. The highest BCUT2D eigenvalue weighted by molar-refractivity contribution is 8.00. The van der Waals surface area contributed by atoms with Gasteiger partial charge in [-0.1, -0.05) is 5.10 Å². The Morgan fingerprint density at radius 2 is 2.10 bits per heavy atom. The summed E-state index contributed by atoms with van der Waals surface area (Å²) in [7, 11) is 0. The molecule has 0 bridgehead atoms. The number of amides is 1. The van der Waals surface area contributed by atoms with Crippen LogP contribution in [-0.2, 0) is 4.79 Å². The molecule has 0 aliphatic carbocycles. The summed E-state index contributed by atoms with van der Waals surface area (Å²) in [6.07, 6.45) is 0. The summed E-state index contributed by atoms with van der Waals surface area (Å²) >= 11 is 1.25. The maximum absolute atomic E-state index is 11.6. The minimum Gasteiger partial charge on any atom is -0.408 e. The van der Waals surface area contributed by atoms with E-state index in [1.165, 1.54) is 23.9 Å². The zero-order valence-electron chi connectivity index (χ0n) is 10.4. The van der Waals surface area contributed by atoms with E-state index in [0.29, 0.717) is 5.89 Å². The monoisotopic (exact) mass is 294 g/mol. The third-order valence-corrected chi connectivity index (χ3v) is 3.20. The lowest BCUT2D eigenvalue weighted by atomic mass is 10.3. The van der Waals surface area contributed by atoms with E-state index < -0.39 is 4.92 Å². The molecular weight excluding hydrogens is 284 g/mol. The van der Waals surface area contributed by atoms with Crippen LogP contribution in [0.1, 0.15) is 5.89 Å². The fourth-order valence-electron chi connectivity index (χ4n) is 1.32. The number of aryl methyl sites for hydroxylation is 1. The molecule has 1 aromatic carbocycles. The molecule has 0 unspecified atom stereocenters. The van der Waals surface area contributed by atoms with Gasteiger partial charge < -0.3 is 4.42 Å². The average Bonchev–Trinajstić information content (AvgIpc) is 2.82. The van der Waals surface area contributed by atoms with Gasteiger partial charge in [-0.15, -0.1) is 16.9 Å². The number of carbonyl (C=O) groups is 1. The summed E-state index contributed by atoms with van der Waals surface area (Å²) in [6.45, 7) is 1.62. The van der Waals surface area contributed by atoms with Gasteiger partial charge in [0.1, 0.15) is 0 Å². The van der Waals surface area contributed by atoms with Crippen LogP contribution in [0.2, 0.25) is 0 Å². The van der Waals surface area contributed by atoms with Crippen molar-refractivity contribution in [2.45, 2.75) is 11.8 Å². The number of hydrogen-bond acceptors (Lipinski definition) is 7. The SMILES string of the molecule is Cc1nnc(NC(=O)CSc2ccc([N+](=O)[O-])cc2)o1. The van der Waals surface area contributed by atoms with Gasteiger partial charge in [-0.2, -0.15) is 0 Å². The molecule has 0 spiro atoms. The number of non-ortho nitro benzene ring substituents is 1. The maximum atomic E-state index is 11.6. The van der Waals surface area contributed by atoms with Gasteiger partial charge in [-0.3, -0.25) is 20.2 Å². The van der Waals surface area contributed by atoms with Crippen LogP contribution in [0.15, 0.2) is 33.6 Å². The van der Waals surface area contributed by atoms with Crippen molar-refractivity contribution in [1.29, 1.82) is 0 Å². The van der Waals surface area contributed by atoms with E-state index in [9.17, 15) is 14.9 Å². The van der Waals surface area contributed by atoms with E-state index in [1.54, 1.807) is 19.1 Å². The molecule has 104 valence electrons. The summed E-state index contributed by atoms with van der Waals surface area (Å²) in [5.41, 5.74) is 0.0140. The van der Waals surface area contributed by atoms with E-state index in [1.807, 2.05) is 0 Å². The number of nitro groups is 1. The number of carbonyl (C=O) groups excluding carboxylic acids is 1. The number of rotatable bonds is 5. The lowest BCUT2D eigenvalue weighted by molar-refractivity contribution is -0.384. The van der Waals surface area contributed by atoms with Crippen LogP contribution < -0.4 is 5.32 Å². The molecule has 0 saturated heterocycles. The summed E-state index contributed by atoms with van der Waals surface area (Å²) in [6, 6.07) is 6.01. The third kappa shape index (κ3) is 3.79. The standard InChI is InChI=1S/C11H10N4O4S/c1-7-13-14-11(19-7)12-10(16)6-20-9-4-2-8(3-5-9)15(17)18/h2-5H,6H2,1H3,(H,12,14,16). The second-order valence-corrected chi connectivity index (χ2v) is 4.76. The van der Waals surface area contributed by atoms with E-state index in [2.05, 4.69) is 15.5 Å². The largest absolute Gasteiger partial charge is 0.408 e. The van der Waals surface area contributed by atoms with Gasteiger partial charge in [0.2, 0.25) is 11.8 Å². The maximum Gasteiger partial charge on any atom is 0.322 e. The van der Waals surface area contributed by atoms with Crippen molar-refractivity contribution < 1.29 is 14.1 Å². The first-order valence-electron chi connectivity index (χ1n) is 5.52. The van der Waals surface area contributed by atoms with Crippen molar-refractivity contribution in [3.8, 4) is 0 Å². The average molecular weight is 294 g/mol. The lowest BCUT2D eigenvalue weighted by Gasteiger charge is -2.01. The fraction of sp³-hybridized carbons (Fsp3) is 0.182. The molecule has 0 atom stereocenters. The Morgan fingerprint density at radius 3 is 2.65 bits per heavy atom. The molecule has 0 radical (unpaired) electrons. The fourth-order valence-corrected chi connectivity index (χ4v) is 2.01. The summed E-state index contributed by atoms with van der Waals surface area (Å²) in [4.78, 5) is 22.4. The van der Waals surface area contributed by atoms with Gasteiger partial charge in [0, 0.05) is 24.0 Å². The first-order chi connectivity index (χ1) is 9.54. The van der Waals surface area contributed by atoms with Crippen molar-refractivity contribution in [3.63, 3.8) is 0 Å². The number of nitrogens with zero attached hydrogens (tertiary/aromatic N) is 3. The molecular formula is C11H10N4O4S. The third-order valence-electron chi connectivity index (χ3n) is 2.19. The predicted octanol–water partition coefficient (Wildman–Crippen LogP) is 2.02. The van der Waals surface area contributed by atoms with E-state index in [4.69, 9.17) is 4.42 Å². The van der Waals surface area contributed by atoms with Crippen LogP contribution in [0.25, 0.3) is 0 Å². The van der Waals surface area contributed by atoms with E-state index >= 15 is 0 Å². The second kappa shape index (κ2) is 6.15.